The monoisotopic (exact) mass is 245 g/mol. The molecule has 3 nitrogen and oxygen atoms in total. The first-order chi connectivity index (χ1) is 8.18. The van der Waals surface area contributed by atoms with Gasteiger partial charge in [0.2, 0.25) is 0 Å². The van der Waals surface area contributed by atoms with Crippen molar-refractivity contribution in [3.8, 4) is 11.1 Å². The second-order valence-electron chi connectivity index (χ2n) is 3.98. The van der Waals surface area contributed by atoms with E-state index in [0.29, 0.717) is 0 Å². The molecule has 3 rings (SSSR count). The van der Waals surface area contributed by atoms with Gasteiger partial charge in [0.05, 0.1) is 10.3 Å². The van der Waals surface area contributed by atoms with Crippen molar-refractivity contribution in [2.45, 2.75) is 5.38 Å². The Bertz CT molecular complexity index is 625. The molecule has 4 heteroatoms. The van der Waals surface area contributed by atoms with Gasteiger partial charge in [0.1, 0.15) is 0 Å². The van der Waals surface area contributed by atoms with Gasteiger partial charge in [0, 0.05) is 12.1 Å². The van der Waals surface area contributed by atoms with Gasteiger partial charge in [-0.2, -0.15) is 0 Å². The van der Waals surface area contributed by atoms with Crippen LogP contribution in [0.3, 0.4) is 0 Å². The molecule has 1 aliphatic carbocycles. The number of fused-ring (bicyclic) bond motifs is 3. The van der Waals surface area contributed by atoms with E-state index < -0.39 is 0 Å². The van der Waals surface area contributed by atoms with E-state index in [2.05, 4.69) is 0 Å². The van der Waals surface area contributed by atoms with E-state index in [-0.39, 0.29) is 16.0 Å². The van der Waals surface area contributed by atoms with Crippen LogP contribution >= 0.6 is 11.6 Å². The smallest absolute Gasteiger partial charge is 0.258 e. The molecule has 0 amide bonds. The van der Waals surface area contributed by atoms with Crippen LogP contribution in [0, 0.1) is 10.1 Å². The minimum absolute atomic E-state index is 0.101. The molecular formula is C13H8ClNO2. The number of nitrogens with zero attached hydrogens (tertiary/aromatic N) is 1. The lowest BCUT2D eigenvalue weighted by Gasteiger charge is -2.02. The predicted octanol–water partition coefficient (Wildman–Crippen LogP) is 3.90. The Hall–Kier alpha value is -1.87. The van der Waals surface area contributed by atoms with Gasteiger partial charge in [-0.05, 0) is 28.3 Å². The number of alkyl halides is 1. The fourth-order valence-corrected chi connectivity index (χ4v) is 2.62. The van der Waals surface area contributed by atoms with Crippen molar-refractivity contribution in [1.82, 2.24) is 0 Å². The van der Waals surface area contributed by atoms with Gasteiger partial charge in [-0.3, -0.25) is 10.1 Å². The van der Waals surface area contributed by atoms with Crippen LogP contribution in [0.25, 0.3) is 11.1 Å². The quantitative estimate of drug-likeness (QED) is 0.434. The van der Waals surface area contributed by atoms with E-state index in [1.807, 2.05) is 24.3 Å². The molecule has 0 unspecified atom stereocenters. The van der Waals surface area contributed by atoms with Crippen LogP contribution in [0.5, 0.6) is 0 Å². The van der Waals surface area contributed by atoms with E-state index in [4.69, 9.17) is 11.6 Å². The lowest BCUT2D eigenvalue weighted by molar-refractivity contribution is -0.384. The molecule has 0 saturated carbocycles. The molecule has 1 atom stereocenters. The maximum absolute atomic E-state index is 10.8. The zero-order valence-corrected chi connectivity index (χ0v) is 9.52. The van der Waals surface area contributed by atoms with Crippen LogP contribution in [0.1, 0.15) is 16.5 Å². The Labute approximate surface area is 103 Å². The third kappa shape index (κ3) is 1.43. The predicted molar refractivity (Wildman–Crippen MR) is 66.2 cm³/mol. The van der Waals surface area contributed by atoms with Gasteiger partial charge in [-0.1, -0.05) is 24.3 Å². The molecule has 2 aromatic rings. The molecule has 0 fully saturated rings. The zero-order valence-electron chi connectivity index (χ0n) is 8.76. The van der Waals surface area contributed by atoms with Gasteiger partial charge in [-0.25, -0.2) is 0 Å². The van der Waals surface area contributed by atoms with Crippen molar-refractivity contribution in [3.63, 3.8) is 0 Å². The van der Waals surface area contributed by atoms with E-state index in [0.717, 1.165) is 22.3 Å². The van der Waals surface area contributed by atoms with Crippen LogP contribution in [0.4, 0.5) is 5.69 Å². The number of nitro benzene ring substituents is 1. The average Bonchev–Trinajstić information content (AvgIpc) is 2.64. The first kappa shape index (κ1) is 10.3. The lowest BCUT2D eigenvalue weighted by Crippen LogP contribution is -1.90. The van der Waals surface area contributed by atoms with Crippen LogP contribution in [0.15, 0.2) is 42.5 Å². The number of benzene rings is 2. The Morgan fingerprint density at radius 3 is 2.53 bits per heavy atom. The minimum Gasteiger partial charge on any atom is -0.258 e. The number of nitro groups is 1. The minimum atomic E-state index is -0.384. The summed E-state index contributed by atoms with van der Waals surface area (Å²) in [4.78, 5) is 10.4. The summed E-state index contributed by atoms with van der Waals surface area (Å²) < 4.78 is 0. The average molecular weight is 246 g/mol. The van der Waals surface area contributed by atoms with Crippen molar-refractivity contribution in [2.24, 2.45) is 0 Å². The van der Waals surface area contributed by atoms with Gasteiger partial charge >= 0.3 is 0 Å². The van der Waals surface area contributed by atoms with Crippen molar-refractivity contribution in [1.29, 1.82) is 0 Å². The molecule has 84 valence electrons. The summed E-state index contributed by atoms with van der Waals surface area (Å²) in [5.74, 6) is 0. The third-order valence-corrected chi connectivity index (χ3v) is 3.51. The highest BCUT2D eigenvalue weighted by atomic mass is 35.5. The maximum atomic E-state index is 10.8. The first-order valence-corrected chi connectivity index (χ1v) is 5.64. The number of rotatable bonds is 1. The number of hydrogen-bond donors (Lipinski definition) is 0. The van der Waals surface area contributed by atoms with Gasteiger partial charge in [0.15, 0.2) is 0 Å². The van der Waals surface area contributed by atoms with Crippen molar-refractivity contribution in [3.05, 3.63) is 63.7 Å². The van der Waals surface area contributed by atoms with Gasteiger partial charge in [-0.15, -0.1) is 11.6 Å². The molecule has 0 bridgehead atoms. The van der Waals surface area contributed by atoms with E-state index >= 15 is 0 Å². The van der Waals surface area contributed by atoms with E-state index in [9.17, 15) is 10.1 Å². The Balaban J connectivity index is 2.27. The first-order valence-electron chi connectivity index (χ1n) is 5.20. The molecule has 0 radical (unpaired) electrons. The molecule has 0 spiro atoms. The largest absolute Gasteiger partial charge is 0.270 e. The molecule has 2 aromatic carbocycles. The maximum Gasteiger partial charge on any atom is 0.270 e. The summed E-state index contributed by atoms with van der Waals surface area (Å²) in [5.41, 5.74) is 3.92. The standard InChI is InChI=1S/C13H8ClNO2/c14-13-10-4-2-1-3-9(10)12-7-8(15(16)17)5-6-11(12)13/h1-7,13H/t13-/m1/s1. The summed E-state index contributed by atoms with van der Waals surface area (Å²) in [7, 11) is 0. The third-order valence-electron chi connectivity index (χ3n) is 3.04. The van der Waals surface area contributed by atoms with Crippen LogP contribution in [-0.2, 0) is 0 Å². The van der Waals surface area contributed by atoms with Crippen molar-refractivity contribution in [2.75, 3.05) is 0 Å². The normalized spacial score (nSPS) is 16.4. The second-order valence-corrected chi connectivity index (χ2v) is 4.41. The van der Waals surface area contributed by atoms with Crippen LogP contribution in [-0.4, -0.2) is 4.92 Å². The summed E-state index contributed by atoms with van der Waals surface area (Å²) in [6, 6.07) is 12.6. The van der Waals surface area contributed by atoms with E-state index in [1.165, 1.54) is 6.07 Å². The Kier molecular flexibility index (Phi) is 2.16. The summed E-state index contributed by atoms with van der Waals surface area (Å²) >= 11 is 6.34. The molecule has 17 heavy (non-hydrogen) atoms. The topological polar surface area (TPSA) is 43.1 Å². The number of hydrogen-bond acceptors (Lipinski definition) is 2. The fourth-order valence-electron chi connectivity index (χ4n) is 2.24. The fraction of sp³-hybridized carbons (Fsp3) is 0.0769. The molecule has 0 heterocycles. The summed E-state index contributed by atoms with van der Waals surface area (Å²) in [6.07, 6.45) is 0. The zero-order chi connectivity index (χ0) is 12.0. The molecule has 0 aliphatic heterocycles. The van der Waals surface area contributed by atoms with Gasteiger partial charge in [0.25, 0.3) is 5.69 Å². The van der Waals surface area contributed by atoms with E-state index in [1.54, 1.807) is 12.1 Å². The second kappa shape index (κ2) is 3.57. The molecule has 0 aromatic heterocycles. The highest BCUT2D eigenvalue weighted by Crippen LogP contribution is 2.47. The van der Waals surface area contributed by atoms with Crippen molar-refractivity contribution >= 4 is 17.3 Å². The van der Waals surface area contributed by atoms with Crippen LogP contribution in [0.2, 0.25) is 0 Å². The Morgan fingerprint density at radius 1 is 1.06 bits per heavy atom. The molecule has 1 aliphatic rings. The summed E-state index contributed by atoms with van der Waals surface area (Å²) in [5, 5.41) is 10.6. The highest BCUT2D eigenvalue weighted by Gasteiger charge is 2.28. The highest BCUT2D eigenvalue weighted by molar-refractivity contribution is 6.24. The number of halogens is 1. The van der Waals surface area contributed by atoms with Crippen LogP contribution < -0.4 is 0 Å². The summed E-state index contributed by atoms with van der Waals surface area (Å²) in [6.45, 7) is 0. The van der Waals surface area contributed by atoms with Gasteiger partial charge < -0.3 is 0 Å². The number of non-ortho nitro benzene ring substituents is 1. The Morgan fingerprint density at radius 2 is 1.76 bits per heavy atom. The van der Waals surface area contributed by atoms with Crippen molar-refractivity contribution < 1.29 is 4.92 Å². The SMILES string of the molecule is O=[N+]([O-])c1ccc2c(c1)-c1ccccc1[C@H]2Cl. The molecular weight excluding hydrogens is 238 g/mol. The molecule has 0 saturated heterocycles. The molecule has 0 N–H and O–H groups in total. The lowest BCUT2D eigenvalue weighted by atomic mass is 10.1.